The van der Waals surface area contributed by atoms with Gasteiger partial charge in [-0.25, -0.2) is 0 Å². The molecule has 0 heterocycles. The Labute approximate surface area is 69.1 Å². The molecular formula is C10H18O. The minimum atomic E-state index is -0.173. The van der Waals surface area contributed by atoms with Crippen LogP contribution >= 0.6 is 0 Å². The van der Waals surface area contributed by atoms with Gasteiger partial charge in [0.05, 0.1) is 6.10 Å². The van der Waals surface area contributed by atoms with Gasteiger partial charge < -0.3 is 5.11 Å². The van der Waals surface area contributed by atoms with Gasteiger partial charge in [0.25, 0.3) is 0 Å². The molecule has 0 aromatic rings. The lowest BCUT2D eigenvalue weighted by molar-refractivity contribution is 0.207. The number of hydrogen-bond acceptors (Lipinski definition) is 1. The van der Waals surface area contributed by atoms with Crippen molar-refractivity contribution in [1.82, 2.24) is 0 Å². The van der Waals surface area contributed by atoms with Crippen molar-refractivity contribution in [2.45, 2.75) is 51.0 Å². The number of hydrogen-bond donors (Lipinski definition) is 1. The Morgan fingerprint density at radius 2 is 1.73 bits per heavy atom. The van der Waals surface area contributed by atoms with Crippen LogP contribution in [0.2, 0.25) is 0 Å². The molecule has 1 unspecified atom stereocenters. The fourth-order valence-corrected chi connectivity index (χ4v) is 1.50. The second kappa shape index (κ2) is 5.36. The predicted octanol–water partition coefficient (Wildman–Crippen LogP) is 2.65. The molecule has 0 spiro atoms. The summed E-state index contributed by atoms with van der Waals surface area (Å²) in [5.41, 5.74) is 0. The lowest BCUT2D eigenvalue weighted by Crippen LogP contribution is -2.02. The molecule has 1 rings (SSSR count). The molecule has 0 fully saturated rings. The van der Waals surface area contributed by atoms with E-state index in [9.17, 15) is 5.11 Å². The third-order valence-corrected chi connectivity index (χ3v) is 2.23. The summed E-state index contributed by atoms with van der Waals surface area (Å²) in [6, 6.07) is 0. The van der Waals surface area contributed by atoms with Gasteiger partial charge in [-0.15, -0.1) is 0 Å². The molecule has 0 amide bonds. The molecule has 0 aromatic carbocycles. The van der Waals surface area contributed by atoms with Gasteiger partial charge in [-0.2, -0.15) is 0 Å². The molecule has 1 heteroatoms. The van der Waals surface area contributed by atoms with Gasteiger partial charge >= 0.3 is 0 Å². The molecule has 1 atom stereocenters. The van der Waals surface area contributed by atoms with Crippen LogP contribution in [0, 0.1) is 0 Å². The molecule has 11 heavy (non-hydrogen) atoms. The molecule has 0 aromatic heterocycles. The number of aliphatic hydroxyl groups is 1. The van der Waals surface area contributed by atoms with E-state index in [-0.39, 0.29) is 6.10 Å². The van der Waals surface area contributed by atoms with Crippen molar-refractivity contribution in [3.8, 4) is 0 Å². The molecule has 1 N–H and O–H groups in total. The van der Waals surface area contributed by atoms with Gasteiger partial charge in [-0.3, -0.25) is 0 Å². The van der Waals surface area contributed by atoms with E-state index in [2.05, 4.69) is 6.08 Å². The van der Waals surface area contributed by atoms with Crippen molar-refractivity contribution in [3.05, 3.63) is 12.2 Å². The van der Waals surface area contributed by atoms with E-state index >= 15 is 0 Å². The maximum atomic E-state index is 9.34. The first-order valence-corrected chi connectivity index (χ1v) is 4.74. The zero-order chi connectivity index (χ0) is 7.94. The van der Waals surface area contributed by atoms with Gasteiger partial charge in [0.1, 0.15) is 0 Å². The van der Waals surface area contributed by atoms with Gasteiger partial charge in [0.2, 0.25) is 0 Å². The fraction of sp³-hybridized carbons (Fsp3) is 0.800. The summed E-state index contributed by atoms with van der Waals surface area (Å²) in [6.45, 7) is 0. The van der Waals surface area contributed by atoms with E-state index in [1.165, 1.54) is 32.1 Å². The van der Waals surface area contributed by atoms with Crippen LogP contribution in [0.3, 0.4) is 0 Å². The van der Waals surface area contributed by atoms with E-state index in [0.717, 1.165) is 12.8 Å². The third-order valence-electron chi connectivity index (χ3n) is 2.23. The normalized spacial score (nSPS) is 31.2. The Kier molecular flexibility index (Phi) is 4.29. The third kappa shape index (κ3) is 4.20. The molecule has 0 bridgehead atoms. The zero-order valence-corrected chi connectivity index (χ0v) is 7.13. The van der Waals surface area contributed by atoms with E-state index < -0.39 is 0 Å². The van der Waals surface area contributed by atoms with Crippen molar-refractivity contribution in [2.75, 3.05) is 0 Å². The first-order valence-electron chi connectivity index (χ1n) is 4.74. The van der Waals surface area contributed by atoms with Crippen LogP contribution in [-0.4, -0.2) is 11.2 Å². The second-order valence-electron chi connectivity index (χ2n) is 3.34. The predicted molar refractivity (Wildman–Crippen MR) is 47.5 cm³/mol. The standard InChI is InChI=1S/C10H18O/c11-10-8-6-4-2-1-3-5-7-9-10/h6,8,10-11H,1-5,7,9H2/b8-6-. The maximum absolute atomic E-state index is 9.34. The highest BCUT2D eigenvalue weighted by Crippen LogP contribution is 2.12. The Hall–Kier alpha value is -0.300. The van der Waals surface area contributed by atoms with Crippen LogP contribution in [0.25, 0.3) is 0 Å². The molecule has 1 nitrogen and oxygen atoms in total. The first-order chi connectivity index (χ1) is 5.39. The summed E-state index contributed by atoms with van der Waals surface area (Å²) < 4.78 is 0. The second-order valence-corrected chi connectivity index (χ2v) is 3.34. The van der Waals surface area contributed by atoms with Crippen molar-refractivity contribution in [1.29, 1.82) is 0 Å². The van der Waals surface area contributed by atoms with Crippen molar-refractivity contribution in [2.24, 2.45) is 0 Å². The van der Waals surface area contributed by atoms with Gasteiger partial charge in [0, 0.05) is 0 Å². The minimum absolute atomic E-state index is 0.173. The van der Waals surface area contributed by atoms with Crippen LogP contribution in [0.5, 0.6) is 0 Å². The van der Waals surface area contributed by atoms with E-state index in [1.807, 2.05) is 6.08 Å². The summed E-state index contributed by atoms with van der Waals surface area (Å²) in [6.07, 6.45) is 12.5. The lowest BCUT2D eigenvalue weighted by Gasteiger charge is -2.07. The van der Waals surface area contributed by atoms with E-state index in [1.54, 1.807) is 0 Å². The Balaban J connectivity index is 2.26. The molecule has 0 saturated carbocycles. The number of aliphatic hydroxyl groups excluding tert-OH is 1. The highest BCUT2D eigenvalue weighted by Gasteiger charge is 1.99. The molecule has 0 aliphatic heterocycles. The minimum Gasteiger partial charge on any atom is -0.389 e. The smallest absolute Gasteiger partial charge is 0.0720 e. The molecule has 1 aliphatic carbocycles. The monoisotopic (exact) mass is 154 g/mol. The molecule has 0 radical (unpaired) electrons. The Morgan fingerprint density at radius 3 is 2.64 bits per heavy atom. The molecular weight excluding hydrogens is 136 g/mol. The number of allylic oxidation sites excluding steroid dienone is 1. The molecule has 64 valence electrons. The topological polar surface area (TPSA) is 20.2 Å². The van der Waals surface area contributed by atoms with E-state index in [0.29, 0.717) is 0 Å². The average molecular weight is 154 g/mol. The number of rotatable bonds is 0. The highest BCUT2D eigenvalue weighted by atomic mass is 16.3. The van der Waals surface area contributed by atoms with Crippen LogP contribution < -0.4 is 0 Å². The largest absolute Gasteiger partial charge is 0.389 e. The first kappa shape index (κ1) is 8.79. The maximum Gasteiger partial charge on any atom is 0.0720 e. The van der Waals surface area contributed by atoms with Crippen molar-refractivity contribution in [3.63, 3.8) is 0 Å². The van der Waals surface area contributed by atoms with Crippen LogP contribution in [0.1, 0.15) is 44.9 Å². The van der Waals surface area contributed by atoms with Crippen molar-refractivity contribution < 1.29 is 5.11 Å². The summed E-state index contributed by atoms with van der Waals surface area (Å²) in [5, 5.41) is 9.34. The summed E-state index contributed by atoms with van der Waals surface area (Å²) in [4.78, 5) is 0. The summed E-state index contributed by atoms with van der Waals surface area (Å²) >= 11 is 0. The average Bonchev–Trinajstić information content (AvgIpc) is 2.03. The summed E-state index contributed by atoms with van der Waals surface area (Å²) in [5.74, 6) is 0. The Morgan fingerprint density at radius 1 is 1.00 bits per heavy atom. The quantitative estimate of drug-likeness (QED) is 0.532. The zero-order valence-electron chi connectivity index (χ0n) is 7.13. The van der Waals surface area contributed by atoms with Crippen molar-refractivity contribution >= 4 is 0 Å². The summed E-state index contributed by atoms with van der Waals surface area (Å²) in [7, 11) is 0. The van der Waals surface area contributed by atoms with Crippen LogP contribution in [0.15, 0.2) is 12.2 Å². The lowest BCUT2D eigenvalue weighted by atomic mass is 10.0. The highest BCUT2D eigenvalue weighted by molar-refractivity contribution is 4.88. The molecule has 1 aliphatic rings. The van der Waals surface area contributed by atoms with Gasteiger partial charge in [0.15, 0.2) is 0 Å². The molecule has 0 saturated heterocycles. The van der Waals surface area contributed by atoms with Gasteiger partial charge in [-0.1, -0.05) is 37.8 Å². The SMILES string of the molecule is OC1/C=C\CCCCCCC1. The fourth-order valence-electron chi connectivity index (χ4n) is 1.50. The van der Waals surface area contributed by atoms with E-state index in [4.69, 9.17) is 0 Å². The van der Waals surface area contributed by atoms with Gasteiger partial charge in [-0.05, 0) is 19.3 Å². The van der Waals surface area contributed by atoms with Crippen LogP contribution in [-0.2, 0) is 0 Å². The Bertz CT molecular complexity index is 118. The van der Waals surface area contributed by atoms with Crippen LogP contribution in [0.4, 0.5) is 0 Å².